The van der Waals surface area contributed by atoms with Gasteiger partial charge in [-0.1, -0.05) is 48.2 Å². The summed E-state index contributed by atoms with van der Waals surface area (Å²) in [5.74, 6) is 1.21. The fourth-order valence-corrected chi connectivity index (χ4v) is 6.02. The Hall–Kier alpha value is -3.14. The van der Waals surface area contributed by atoms with E-state index in [0.717, 1.165) is 26.7 Å². The van der Waals surface area contributed by atoms with Crippen molar-refractivity contribution in [3.05, 3.63) is 88.3 Å². The zero-order chi connectivity index (χ0) is 21.9. The number of allylic oxidation sites excluding steroid dienone is 1. The number of hydrogen-bond acceptors (Lipinski definition) is 8. The highest BCUT2D eigenvalue weighted by Crippen LogP contribution is 2.33. The second kappa shape index (κ2) is 9.15. The molecule has 0 aliphatic carbocycles. The molecule has 0 unspecified atom stereocenters. The van der Waals surface area contributed by atoms with E-state index in [4.69, 9.17) is 4.98 Å². The van der Waals surface area contributed by atoms with Crippen LogP contribution in [0.1, 0.15) is 5.69 Å². The van der Waals surface area contributed by atoms with Gasteiger partial charge in [0.05, 0.1) is 11.1 Å². The van der Waals surface area contributed by atoms with E-state index in [1.54, 1.807) is 29.1 Å². The molecule has 4 heterocycles. The first-order valence-electron chi connectivity index (χ1n) is 9.77. The smallest absolute Gasteiger partial charge is 0.263 e. The zero-order valence-electron chi connectivity index (χ0n) is 16.8. The molecule has 0 bridgehead atoms. The fraction of sp³-hybridized carbons (Fsp3) is 0.0870. The molecule has 0 fully saturated rings. The number of rotatable bonds is 7. The highest BCUT2D eigenvalue weighted by Gasteiger charge is 2.17. The van der Waals surface area contributed by atoms with Gasteiger partial charge in [0.2, 0.25) is 0 Å². The third-order valence-corrected chi connectivity index (χ3v) is 7.48. The first-order valence-corrected chi connectivity index (χ1v) is 12.5. The van der Waals surface area contributed by atoms with Crippen LogP contribution in [-0.4, -0.2) is 24.5 Å². The van der Waals surface area contributed by atoms with Crippen LogP contribution < -0.4 is 5.56 Å². The molecule has 0 aliphatic rings. The summed E-state index contributed by atoms with van der Waals surface area (Å²) in [7, 11) is 0. The summed E-state index contributed by atoms with van der Waals surface area (Å²) >= 11 is 4.50. The Bertz CT molecular complexity index is 1440. The van der Waals surface area contributed by atoms with Crippen LogP contribution in [0.2, 0.25) is 0 Å². The molecule has 0 atom stereocenters. The third kappa shape index (κ3) is 4.02. The molecule has 0 saturated heterocycles. The topological polar surface area (TPSA) is 73.6 Å². The second-order valence-corrected chi connectivity index (χ2v) is 9.46. The normalized spacial score (nSPS) is 11.1. The Morgan fingerprint density at radius 2 is 1.84 bits per heavy atom. The van der Waals surface area contributed by atoms with Crippen LogP contribution in [0.3, 0.4) is 0 Å². The van der Waals surface area contributed by atoms with Gasteiger partial charge in [-0.2, -0.15) is 0 Å². The van der Waals surface area contributed by atoms with Gasteiger partial charge in [0.1, 0.15) is 4.83 Å². The van der Waals surface area contributed by atoms with E-state index in [0.29, 0.717) is 28.7 Å². The maximum Gasteiger partial charge on any atom is 0.263 e. The van der Waals surface area contributed by atoms with Crippen molar-refractivity contribution in [2.45, 2.75) is 17.5 Å². The molecule has 0 radical (unpaired) electrons. The molecule has 5 aromatic rings. The Kier molecular flexibility index (Phi) is 5.93. The Morgan fingerprint density at radius 3 is 2.62 bits per heavy atom. The first kappa shape index (κ1) is 20.7. The Labute approximate surface area is 196 Å². The fourth-order valence-electron chi connectivity index (χ4n) is 3.26. The summed E-state index contributed by atoms with van der Waals surface area (Å²) in [6.07, 6.45) is 5.13. The van der Waals surface area contributed by atoms with Gasteiger partial charge in [-0.3, -0.25) is 9.36 Å². The summed E-state index contributed by atoms with van der Waals surface area (Å²) in [6, 6.07) is 11.7. The number of nitrogens with zero attached hydrogens (tertiary/aromatic N) is 5. The van der Waals surface area contributed by atoms with Crippen molar-refractivity contribution in [1.82, 2.24) is 24.5 Å². The van der Waals surface area contributed by atoms with Gasteiger partial charge in [0.25, 0.3) is 5.56 Å². The van der Waals surface area contributed by atoms with Crippen molar-refractivity contribution < 1.29 is 0 Å². The standard InChI is InChI=1S/C23H17N5OS3/c1-2-11-28-22(29)18-17(15-7-4-3-5-8-15)14-31-20(18)27-23(28)32-13-16-12-30-21(26-16)19-24-9-6-10-25-19/h2-10,12,14H,1,11,13H2. The Balaban J connectivity index is 1.48. The lowest BCUT2D eigenvalue weighted by Gasteiger charge is -2.10. The molecule has 32 heavy (non-hydrogen) atoms. The lowest BCUT2D eigenvalue weighted by molar-refractivity contribution is 0.673. The van der Waals surface area contributed by atoms with E-state index < -0.39 is 0 Å². The van der Waals surface area contributed by atoms with Crippen LogP contribution >= 0.6 is 34.4 Å². The van der Waals surface area contributed by atoms with E-state index in [1.165, 1.54) is 34.4 Å². The molecule has 1 aromatic carbocycles. The van der Waals surface area contributed by atoms with Gasteiger partial charge in [-0.05, 0) is 11.6 Å². The van der Waals surface area contributed by atoms with Crippen molar-refractivity contribution >= 4 is 44.7 Å². The predicted molar refractivity (Wildman–Crippen MR) is 132 cm³/mol. The second-order valence-electron chi connectivity index (χ2n) is 6.80. The van der Waals surface area contributed by atoms with Crippen molar-refractivity contribution in [2.24, 2.45) is 0 Å². The van der Waals surface area contributed by atoms with E-state index in [-0.39, 0.29) is 5.56 Å². The van der Waals surface area contributed by atoms with Gasteiger partial charge in [0, 0.05) is 41.0 Å². The summed E-state index contributed by atoms with van der Waals surface area (Å²) in [6.45, 7) is 4.22. The molecular weight excluding hydrogens is 458 g/mol. The molecule has 0 spiro atoms. The number of thiazole rings is 1. The van der Waals surface area contributed by atoms with Crippen LogP contribution in [0.15, 0.2) is 82.2 Å². The van der Waals surface area contributed by atoms with Crippen molar-refractivity contribution in [3.63, 3.8) is 0 Å². The Morgan fingerprint density at radius 1 is 1.03 bits per heavy atom. The van der Waals surface area contributed by atoms with E-state index >= 15 is 0 Å². The maximum atomic E-state index is 13.4. The lowest BCUT2D eigenvalue weighted by atomic mass is 10.1. The molecule has 4 aromatic heterocycles. The van der Waals surface area contributed by atoms with Crippen molar-refractivity contribution in [3.8, 4) is 22.0 Å². The number of fused-ring (bicyclic) bond motifs is 1. The van der Waals surface area contributed by atoms with E-state index in [1.807, 2.05) is 41.1 Å². The minimum atomic E-state index is -0.0471. The van der Waals surface area contributed by atoms with E-state index in [2.05, 4.69) is 21.5 Å². The number of benzene rings is 1. The minimum absolute atomic E-state index is 0.0471. The number of thiophene rings is 1. The maximum absolute atomic E-state index is 13.4. The van der Waals surface area contributed by atoms with Gasteiger partial charge in [0.15, 0.2) is 16.0 Å². The minimum Gasteiger partial charge on any atom is -0.283 e. The molecule has 0 amide bonds. The number of thioether (sulfide) groups is 1. The van der Waals surface area contributed by atoms with Gasteiger partial charge in [-0.15, -0.1) is 29.3 Å². The molecule has 0 aliphatic heterocycles. The van der Waals surface area contributed by atoms with Crippen LogP contribution in [0.5, 0.6) is 0 Å². The van der Waals surface area contributed by atoms with Crippen LogP contribution in [0.25, 0.3) is 32.2 Å². The average molecular weight is 476 g/mol. The van der Waals surface area contributed by atoms with Crippen LogP contribution in [-0.2, 0) is 12.3 Å². The predicted octanol–water partition coefficient (Wildman–Crippen LogP) is 5.52. The molecular formula is C23H17N5OS3. The summed E-state index contributed by atoms with van der Waals surface area (Å²) in [5.41, 5.74) is 2.79. The third-order valence-electron chi connectivity index (χ3n) is 4.71. The highest BCUT2D eigenvalue weighted by atomic mass is 32.2. The molecule has 0 N–H and O–H groups in total. The number of aromatic nitrogens is 5. The van der Waals surface area contributed by atoms with Gasteiger partial charge < -0.3 is 0 Å². The average Bonchev–Trinajstić information content (AvgIpc) is 3.48. The summed E-state index contributed by atoms with van der Waals surface area (Å²) in [4.78, 5) is 32.2. The molecule has 158 valence electrons. The highest BCUT2D eigenvalue weighted by molar-refractivity contribution is 7.98. The summed E-state index contributed by atoms with van der Waals surface area (Å²) in [5, 5.41) is 6.09. The van der Waals surface area contributed by atoms with Crippen molar-refractivity contribution in [1.29, 1.82) is 0 Å². The lowest BCUT2D eigenvalue weighted by Crippen LogP contribution is -2.22. The van der Waals surface area contributed by atoms with Crippen LogP contribution in [0.4, 0.5) is 0 Å². The quantitative estimate of drug-likeness (QED) is 0.175. The van der Waals surface area contributed by atoms with Crippen LogP contribution in [0, 0.1) is 0 Å². The first-order chi connectivity index (χ1) is 15.7. The zero-order valence-corrected chi connectivity index (χ0v) is 19.3. The molecule has 5 rings (SSSR count). The van der Waals surface area contributed by atoms with Gasteiger partial charge >= 0.3 is 0 Å². The van der Waals surface area contributed by atoms with Crippen molar-refractivity contribution in [2.75, 3.05) is 0 Å². The monoisotopic (exact) mass is 475 g/mol. The molecule has 0 saturated carbocycles. The van der Waals surface area contributed by atoms with Gasteiger partial charge in [-0.25, -0.2) is 19.9 Å². The molecule has 9 heteroatoms. The molecule has 6 nitrogen and oxygen atoms in total. The van der Waals surface area contributed by atoms with E-state index in [9.17, 15) is 4.79 Å². The summed E-state index contributed by atoms with van der Waals surface area (Å²) < 4.78 is 1.69. The largest absolute Gasteiger partial charge is 0.283 e. The number of hydrogen-bond donors (Lipinski definition) is 0. The SMILES string of the molecule is C=CCn1c(SCc2csc(-c3ncccn3)n2)nc2scc(-c3ccccc3)c2c1=O.